The molecule has 0 fully saturated rings. The minimum Gasteiger partial charge on any atom is -0.478 e. The number of anilines is 2. The molecule has 7 nitrogen and oxygen atoms in total. The minimum absolute atomic E-state index is 0.0629. The lowest BCUT2D eigenvalue weighted by Crippen LogP contribution is -2.34. The van der Waals surface area contributed by atoms with Crippen molar-refractivity contribution in [2.24, 2.45) is 0 Å². The number of hydrogen-bond donors (Lipinski definition) is 3. The molecule has 7 heteroatoms. The van der Waals surface area contributed by atoms with E-state index in [0.717, 1.165) is 11.8 Å². The summed E-state index contributed by atoms with van der Waals surface area (Å²) in [6.07, 6.45) is -0.524. The molecule has 0 saturated heterocycles. The van der Waals surface area contributed by atoms with Crippen LogP contribution in [0.1, 0.15) is 0 Å². The van der Waals surface area contributed by atoms with Gasteiger partial charge in [0.15, 0.2) is 11.5 Å². The maximum Gasteiger partial charge on any atom is 0.337 e. The van der Waals surface area contributed by atoms with Crippen LogP contribution in [0, 0.1) is 0 Å². The lowest BCUT2D eigenvalue weighted by atomic mass is 9.97. The summed E-state index contributed by atoms with van der Waals surface area (Å²) < 4.78 is 5.57. The van der Waals surface area contributed by atoms with Gasteiger partial charge in [-0.05, 0) is 18.2 Å². The fraction of sp³-hybridized carbons (Fsp3) is 0.200. The van der Waals surface area contributed by atoms with Gasteiger partial charge in [-0.3, -0.25) is 4.79 Å². The summed E-state index contributed by atoms with van der Waals surface area (Å²) in [6.45, 7) is 0. The Morgan fingerprint density at radius 3 is 2.73 bits per heavy atom. The Morgan fingerprint density at radius 1 is 1.36 bits per heavy atom. The van der Waals surface area contributed by atoms with Gasteiger partial charge in [-0.2, -0.15) is 0 Å². The molecule has 0 aromatic heterocycles. The Labute approximate surface area is 126 Å². The third-order valence-corrected chi connectivity index (χ3v) is 3.50. The Bertz CT molecular complexity index is 748. The minimum atomic E-state index is -1.52. The number of nitrogens with zero attached hydrogens (tertiary/aromatic N) is 1. The van der Waals surface area contributed by atoms with Gasteiger partial charge < -0.3 is 25.2 Å². The number of carbonyl (C=O) groups is 2. The number of carboxylic acid groups (broad SMARTS) is 1. The highest BCUT2D eigenvalue weighted by Gasteiger charge is 2.36. The van der Waals surface area contributed by atoms with Crippen molar-refractivity contribution in [3.05, 3.63) is 41.3 Å². The molecule has 1 aliphatic carbocycles. The zero-order valence-electron chi connectivity index (χ0n) is 12.0. The van der Waals surface area contributed by atoms with E-state index < -0.39 is 17.9 Å². The van der Waals surface area contributed by atoms with Crippen LogP contribution in [0.25, 0.3) is 0 Å². The zero-order chi connectivity index (χ0) is 16.0. The van der Waals surface area contributed by atoms with Crippen LogP contribution in [0.15, 0.2) is 41.3 Å². The summed E-state index contributed by atoms with van der Waals surface area (Å²) in [5.41, 5.74) is 1.29. The first-order valence-electron chi connectivity index (χ1n) is 6.57. The summed E-state index contributed by atoms with van der Waals surface area (Å²) in [5, 5.41) is 21.8. The number of fused-ring (bicyclic) bond motifs is 1. The first-order valence-corrected chi connectivity index (χ1v) is 6.57. The van der Waals surface area contributed by atoms with Crippen molar-refractivity contribution < 1.29 is 24.5 Å². The molecule has 0 spiro atoms. The van der Waals surface area contributed by atoms with Crippen molar-refractivity contribution in [1.82, 2.24) is 0 Å². The second-order valence-electron chi connectivity index (χ2n) is 5.20. The Kier molecular flexibility index (Phi) is 3.14. The van der Waals surface area contributed by atoms with Gasteiger partial charge in [-0.15, -0.1) is 0 Å². The van der Waals surface area contributed by atoms with E-state index in [0.29, 0.717) is 11.4 Å². The second kappa shape index (κ2) is 4.88. The van der Waals surface area contributed by atoms with Crippen molar-refractivity contribution in [2.45, 2.75) is 6.10 Å². The summed E-state index contributed by atoms with van der Waals surface area (Å²) in [4.78, 5) is 25.2. The predicted molar refractivity (Wildman–Crippen MR) is 78.8 cm³/mol. The predicted octanol–water partition coefficient (Wildman–Crippen LogP) is 0.723. The van der Waals surface area contributed by atoms with Gasteiger partial charge in [0, 0.05) is 25.8 Å². The third kappa shape index (κ3) is 2.11. The number of nitrogens with one attached hydrogen (secondary N) is 1. The van der Waals surface area contributed by atoms with E-state index in [2.05, 4.69) is 5.32 Å². The van der Waals surface area contributed by atoms with Gasteiger partial charge in [0.1, 0.15) is 11.8 Å². The van der Waals surface area contributed by atoms with Crippen LogP contribution in [0.4, 0.5) is 11.4 Å². The number of carbonyl (C=O) groups excluding carboxylic acids is 1. The van der Waals surface area contributed by atoms with E-state index in [1.165, 1.54) is 0 Å². The van der Waals surface area contributed by atoms with E-state index in [4.69, 9.17) is 4.74 Å². The smallest absolute Gasteiger partial charge is 0.337 e. The fourth-order valence-corrected chi connectivity index (χ4v) is 2.32. The highest BCUT2D eigenvalue weighted by Crippen LogP contribution is 2.39. The number of aliphatic carboxylic acids is 1. The molecule has 114 valence electrons. The van der Waals surface area contributed by atoms with E-state index in [1.54, 1.807) is 12.1 Å². The average molecular weight is 302 g/mol. The highest BCUT2D eigenvalue weighted by atomic mass is 16.5. The number of aliphatic hydroxyl groups excluding tert-OH is 1. The van der Waals surface area contributed by atoms with Crippen molar-refractivity contribution in [3.8, 4) is 5.75 Å². The Morgan fingerprint density at radius 2 is 2.09 bits per heavy atom. The Balaban J connectivity index is 2.07. The maximum absolute atomic E-state index is 12.0. The van der Waals surface area contributed by atoms with Gasteiger partial charge in [0.25, 0.3) is 0 Å². The molecule has 0 bridgehead atoms. The van der Waals surface area contributed by atoms with E-state index in [-0.39, 0.29) is 17.0 Å². The number of rotatable bonds is 2. The average Bonchev–Trinajstić information content (AvgIpc) is 2.48. The molecule has 0 radical (unpaired) electrons. The molecule has 1 aromatic carbocycles. The molecule has 1 atom stereocenters. The number of ether oxygens (including phenoxy) is 1. The number of hydrogen-bond acceptors (Lipinski definition) is 6. The number of Topliss-reactive ketones (excluding diaryl/α,β-unsaturated/α-hetero) is 1. The van der Waals surface area contributed by atoms with E-state index in [1.807, 2.05) is 25.1 Å². The normalized spacial score (nSPS) is 19.5. The zero-order valence-corrected chi connectivity index (χ0v) is 12.0. The van der Waals surface area contributed by atoms with Crippen molar-refractivity contribution in [1.29, 1.82) is 0 Å². The Hall–Kier alpha value is -2.80. The van der Waals surface area contributed by atoms with Crippen LogP contribution >= 0.6 is 0 Å². The number of benzene rings is 1. The summed E-state index contributed by atoms with van der Waals surface area (Å²) in [7, 11) is 3.73. The number of ketones is 1. The molecule has 2 aliphatic rings. The van der Waals surface area contributed by atoms with Crippen LogP contribution in [-0.4, -0.2) is 42.2 Å². The molecule has 22 heavy (non-hydrogen) atoms. The van der Waals surface area contributed by atoms with Crippen molar-refractivity contribution in [3.63, 3.8) is 0 Å². The van der Waals surface area contributed by atoms with Crippen LogP contribution < -0.4 is 15.0 Å². The monoisotopic (exact) mass is 302 g/mol. The fourth-order valence-electron chi connectivity index (χ4n) is 2.32. The number of aliphatic hydroxyl groups is 1. The third-order valence-electron chi connectivity index (χ3n) is 3.50. The molecule has 1 heterocycles. The molecule has 0 amide bonds. The summed E-state index contributed by atoms with van der Waals surface area (Å²) >= 11 is 0. The molecule has 3 N–H and O–H groups in total. The van der Waals surface area contributed by atoms with Crippen molar-refractivity contribution >= 4 is 23.1 Å². The number of carboxylic acids is 1. The van der Waals surface area contributed by atoms with Gasteiger partial charge in [0.2, 0.25) is 5.78 Å². The second-order valence-corrected chi connectivity index (χ2v) is 5.20. The van der Waals surface area contributed by atoms with Gasteiger partial charge in [-0.25, -0.2) is 4.79 Å². The van der Waals surface area contributed by atoms with E-state index in [9.17, 15) is 19.8 Å². The van der Waals surface area contributed by atoms with Gasteiger partial charge in [-0.1, -0.05) is 0 Å². The summed E-state index contributed by atoms with van der Waals surface area (Å²) in [5.74, 6) is -1.70. The molecule has 1 unspecified atom stereocenters. The highest BCUT2D eigenvalue weighted by molar-refractivity contribution is 6.08. The van der Waals surface area contributed by atoms with Crippen molar-refractivity contribution in [2.75, 3.05) is 24.3 Å². The first kappa shape index (κ1) is 14.2. The van der Waals surface area contributed by atoms with Crippen LogP contribution in [0.2, 0.25) is 0 Å². The molecule has 1 aliphatic heterocycles. The largest absolute Gasteiger partial charge is 0.478 e. The lowest BCUT2D eigenvalue weighted by Gasteiger charge is -2.28. The van der Waals surface area contributed by atoms with Crippen LogP contribution in [0.5, 0.6) is 5.75 Å². The molecule has 0 saturated carbocycles. The standard InChI is InChI=1S/C15H14N2O5/c1-17(2)7-3-4-9-11(5-7)22-14-12(16-9)8(15(20)21)6-10(18)13(14)19/h3-6,10,16,18H,1-2H3,(H,20,21). The van der Waals surface area contributed by atoms with Crippen LogP contribution in [0.3, 0.4) is 0 Å². The van der Waals surface area contributed by atoms with Gasteiger partial charge in [0.05, 0.1) is 11.3 Å². The quantitative estimate of drug-likeness (QED) is 0.740. The van der Waals surface area contributed by atoms with Gasteiger partial charge >= 0.3 is 5.97 Å². The van der Waals surface area contributed by atoms with E-state index >= 15 is 0 Å². The lowest BCUT2D eigenvalue weighted by molar-refractivity contribution is -0.132. The molecule has 3 rings (SSSR count). The first-order chi connectivity index (χ1) is 10.4. The SMILES string of the molecule is CN(C)c1ccc2c(c1)OC1=C(N2)C(C(=O)O)=CC(O)C1=O. The summed E-state index contributed by atoms with van der Waals surface area (Å²) in [6, 6.07) is 5.30. The molecular weight excluding hydrogens is 288 g/mol. The molecular formula is C15H14N2O5. The topological polar surface area (TPSA) is 99.1 Å². The van der Waals surface area contributed by atoms with Crippen LogP contribution in [-0.2, 0) is 9.59 Å². The maximum atomic E-state index is 12.0. The molecule has 1 aromatic rings.